The van der Waals surface area contributed by atoms with Gasteiger partial charge in [-0.15, -0.1) is 0 Å². The third-order valence-electron chi connectivity index (χ3n) is 2.41. The molecular formula is C14H12N2O2. The summed E-state index contributed by atoms with van der Waals surface area (Å²) in [6.07, 6.45) is 1.74. The third-order valence-corrected chi connectivity index (χ3v) is 2.41. The number of rotatable bonds is 4. The first-order valence-electron chi connectivity index (χ1n) is 5.54. The quantitative estimate of drug-likeness (QED) is 0.468. The summed E-state index contributed by atoms with van der Waals surface area (Å²) >= 11 is 0. The van der Waals surface area contributed by atoms with Crippen LogP contribution in [0.4, 0.5) is 5.69 Å². The van der Waals surface area contributed by atoms with Crippen molar-refractivity contribution in [3.63, 3.8) is 0 Å². The van der Waals surface area contributed by atoms with Crippen LogP contribution in [-0.2, 0) is 6.54 Å². The van der Waals surface area contributed by atoms with Gasteiger partial charge in [0.1, 0.15) is 0 Å². The Labute approximate surface area is 105 Å². The lowest BCUT2D eigenvalue weighted by Gasteiger charge is -1.96. The Kier molecular flexibility index (Phi) is 3.81. The average molecular weight is 240 g/mol. The number of aliphatic imine (C=N–C) groups is 1. The van der Waals surface area contributed by atoms with Crippen LogP contribution in [0.25, 0.3) is 0 Å². The van der Waals surface area contributed by atoms with E-state index in [1.165, 1.54) is 0 Å². The normalized spacial score (nSPS) is 10.7. The van der Waals surface area contributed by atoms with E-state index in [0.717, 1.165) is 11.3 Å². The smallest absolute Gasteiger partial charge is 0.228 e. The Morgan fingerprint density at radius 2 is 1.72 bits per heavy atom. The van der Waals surface area contributed by atoms with Crippen molar-refractivity contribution in [2.45, 2.75) is 6.54 Å². The summed E-state index contributed by atoms with van der Waals surface area (Å²) in [5.74, 6) is 0. The molecule has 2 aromatic carbocycles. The fourth-order valence-electron chi connectivity index (χ4n) is 1.52. The number of para-hydroxylation sites is 1. The molecular weight excluding hydrogens is 228 g/mol. The van der Waals surface area contributed by atoms with Crippen molar-refractivity contribution in [2.75, 3.05) is 0 Å². The first-order valence-corrected chi connectivity index (χ1v) is 5.54. The number of nitrogens with zero attached hydrogens (tertiary/aromatic N) is 2. The van der Waals surface area contributed by atoms with Gasteiger partial charge in [0.25, 0.3) is 0 Å². The van der Waals surface area contributed by atoms with Crippen LogP contribution >= 0.6 is 0 Å². The molecule has 2 aromatic rings. The lowest BCUT2D eigenvalue weighted by atomic mass is 10.1. The van der Waals surface area contributed by atoms with Gasteiger partial charge in [0, 0.05) is 16.7 Å². The van der Waals surface area contributed by atoms with Gasteiger partial charge in [0.05, 0.1) is 5.69 Å². The summed E-state index contributed by atoms with van der Waals surface area (Å²) in [5, 5.41) is 10.3. The highest BCUT2D eigenvalue weighted by molar-refractivity contribution is 5.81. The van der Waals surface area contributed by atoms with Gasteiger partial charge in [-0.3, -0.25) is 15.1 Å². The number of hydrogen-bond donors (Lipinski definition) is 0. The molecule has 0 spiro atoms. The molecule has 0 fully saturated rings. The molecule has 0 unspecified atom stereocenters. The number of benzene rings is 2. The Balaban J connectivity index is 2.06. The average Bonchev–Trinajstić information content (AvgIpc) is 2.38. The van der Waals surface area contributed by atoms with Crippen LogP contribution < -0.4 is 0 Å². The van der Waals surface area contributed by atoms with Crippen LogP contribution in [0.3, 0.4) is 0 Å². The van der Waals surface area contributed by atoms with Gasteiger partial charge in [-0.25, -0.2) is 0 Å². The minimum Gasteiger partial charge on any atom is -0.264 e. The van der Waals surface area contributed by atoms with Crippen molar-refractivity contribution in [1.82, 2.24) is 0 Å². The maximum absolute atomic E-state index is 10.3. The SMILES string of the molecule is O=[N+]([O-])Cc1ccc(/C=N/c2ccccc2)cc1. The summed E-state index contributed by atoms with van der Waals surface area (Å²) in [5.41, 5.74) is 2.50. The number of nitro groups is 1. The van der Waals surface area contributed by atoms with Crippen LogP contribution in [-0.4, -0.2) is 11.1 Å². The molecule has 0 aliphatic carbocycles. The summed E-state index contributed by atoms with van der Waals surface area (Å²) < 4.78 is 0. The second-order valence-corrected chi connectivity index (χ2v) is 3.83. The Bertz CT molecular complexity index is 548. The molecule has 0 bridgehead atoms. The molecule has 0 amide bonds. The van der Waals surface area contributed by atoms with Crippen molar-refractivity contribution < 1.29 is 4.92 Å². The molecule has 0 atom stereocenters. The van der Waals surface area contributed by atoms with Gasteiger partial charge in [-0.1, -0.05) is 42.5 Å². The van der Waals surface area contributed by atoms with Crippen molar-refractivity contribution in [1.29, 1.82) is 0 Å². The zero-order valence-electron chi connectivity index (χ0n) is 9.69. The van der Waals surface area contributed by atoms with Gasteiger partial charge in [0.15, 0.2) is 0 Å². The summed E-state index contributed by atoms with van der Waals surface area (Å²) in [6.45, 7) is -0.143. The Hall–Kier alpha value is -2.49. The molecule has 0 heterocycles. The van der Waals surface area contributed by atoms with E-state index < -0.39 is 0 Å². The molecule has 0 aromatic heterocycles. The molecule has 2 rings (SSSR count). The molecule has 4 heteroatoms. The highest BCUT2D eigenvalue weighted by Crippen LogP contribution is 2.10. The van der Waals surface area contributed by atoms with E-state index in [4.69, 9.17) is 0 Å². The molecule has 0 aliphatic rings. The molecule has 0 saturated heterocycles. The van der Waals surface area contributed by atoms with Crippen LogP contribution in [0.2, 0.25) is 0 Å². The zero-order valence-corrected chi connectivity index (χ0v) is 9.69. The molecule has 4 nitrogen and oxygen atoms in total. The predicted octanol–water partition coefficient (Wildman–Crippen LogP) is 3.21. The van der Waals surface area contributed by atoms with Gasteiger partial charge >= 0.3 is 0 Å². The van der Waals surface area contributed by atoms with Gasteiger partial charge in [0.2, 0.25) is 6.54 Å². The van der Waals surface area contributed by atoms with Gasteiger partial charge < -0.3 is 0 Å². The fraction of sp³-hybridized carbons (Fsp3) is 0.0714. The Morgan fingerprint density at radius 1 is 1.06 bits per heavy atom. The molecule has 90 valence electrons. The largest absolute Gasteiger partial charge is 0.264 e. The second kappa shape index (κ2) is 5.72. The lowest BCUT2D eigenvalue weighted by Crippen LogP contribution is -1.97. The fourth-order valence-corrected chi connectivity index (χ4v) is 1.52. The maximum atomic E-state index is 10.3. The van der Waals surface area contributed by atoms with Crippen molar-refractivity contribution in [3.05, 3.63) is 75.8 Å². The maximum Gasteiger partial charge on any atom is 0.228 e. The predicted molar refractivity (Wildman–Crippen MR) is 70.8 cm³/mol. The molecule has 0 aliphatic heterocycles. The summed E-state index contributed by atoms with van der Waals surface area (Å²) in [7, 11) is 0. The molecule has 0 N–H and O–H groups in total. The highest BCUT2D eigenvalue weighted by atomic mass is 16.6. The first kappa shape index (κ1) is 12.0. The molecule has 0 saturated carbocycles. The van der Waals surface area contributed by atoms with Crippen LogP contribution in [0.5, 0.6) is 0 Å². The minimum absolute atomic E-state index is 0.143. The van der Waals surface area contributed by atoms with Crippen LogP contribution in [0, 0.1) is 10.1 Å². The van der Waals surface area contributed by atoms with E-state index in [2.05, 4.69) is 4.99 Å². The van der Waals surface area contributed by atoms with Crippen molar-refractivity contribution in [3.8, 4) is 0 Å². The lowest BCUT2D eigenvalue weighted by molar-refractivity contribution is -0.496. The minimum atomic E-state index is -0.340. The topological polar surface area (TPSA) is 55.5 Å². The van der Waals surface area contributed by atoms with Gasteiger partial charge in [-0.05, 0) is 17.7 Å². The van der Waals surface area contributed by atoms with E-state index in [9.17, 15) is 10.1 Å². The zero-order chi connectivity index (χ0) is 12.8. The van der Waals surface area contributed by atoms with Crippen molar-refractivity contribution in [2.24, 2.45) is 4.99 Å². The van der Waals surface area contributed by atoms with E-state index in [1.807, 2.05) is 42.5 Å². The molecule has 18 heavy (non-hydrogen) atoms. The van der Waals surface area contributed by atoms with E-state index >= 15 is 0 Å². The Morgan fingerprint density at radius 3 is 2.33 bits per heavy atom. The van der Waals surface area contributed by atoms with Crippen LogP contribution in [0.15, 0.2) is 59.6 Å². The monoisotopic (exact) mass is 240 g/mol. The van der Waals surface area contributed by atoms with E-state index in [1.54, 1.807) is 18.3 Å². The molecule has 0 radical (unpaired) electrons. The summed E-state index contributed by atoms with van der Waals surface area (Å²) in [4.78, 5) is 14.3. The van der Waals surface area contributed by atoms with E-state index in [0.29, 0.717) is 5.56 Å². The van der Waals surface area contributed by atoms with Crippen molar-refractivity contribution >= 4 is 11.9 Å². The highest BCUT2D eigenvalue weighted by Gasteiger charge is 1.99. The van der Waals surface area contributed by atoms with Crippen LogP contribution in [0.1, 0.15) is 11.1 Å². The summed E-state index contributed by atoms with van der Waals surface area (Å²) in [6, 6.07) is 16.8. The first-order chi connectivity index (χ1) is 8.74. The standard InChI is InChI=1S/C14H12N2O2/c17-16(18)11-13-8-6-12(7-9-13)10-15-14-4-2-1-3-5-14/h1-10H,11H2/b15-10+. The number of hydrogen-bond acceptors (Lipinski definition) is 3. The second-order valence-electron chi connectivity index (χ2n) is 3.83. The van der Waals surface area contributed by atoms with E-state index in [-0.39, 0.29) is 11.5 Å². The third kappa shape index (κ3) is 3.52. The van der Waals surface area contributed by atoms with Gasteiger partial charge in [-0.2, -0.15) is 0 Å².